The summed E-state index contributed by atoms with van der Waals surface area (Å²) in [6.07, 6.45) is 5.70. The third-order valence-electron chi connectivity index (χ3n) is 1.91. The maximum Gasteiger partial charge on any atom is -0.0589 e. The van der Waals surface area contributed by atoms with Crippen LogP contribution in [-0.4, -0.2) is 8.80 Å². The van der Waals surface area contributed by atoms with Crippen molar-refractivity contribution in [2.45, 2.75) is 58.2 Å². The zero-order chi connectivity index (χ0) is 7.82. The van der Waals surface area contributed by atoms with Crippen LogP contribution in [0.1, 0.15) is 39.5 Å². The van der Waals surface area contributed by atoms with Gasteiger partial charge in [-0.15, -0.1) is 0 Å². The van der Waals surface area contributed by atoms with Gasteiger partial charge >= 0.3 is 0 Å². The van der Waals surface area contributed by atoms with E-state index in [0.717, 1.165) is 0 Å². The predicted octanol–water partition coefficient (Wildman–Crippen LogP) is 3.71. The van der Waals surface area contributed by atoms with E-state index in [0.29, 0.717) is 0 Å². The van der Waals surface area contributed by atoms with Crippen LogP contribution in [0.2, 0.25) is 18.6 Å². The topological polar surface area (TPSA) is 0 Å². The van der Waals surface area contributed by atoms with Gasteiger partial charge in [-0.1, -0.05) is 39.5 Å². The molecule has 0 amide bonds. The molecule has 1 heteroatoms. The molecule has 0 nitrogen and oxygen atoms in total. The Morgan fingerprint density at radius 3 is 1.60 bits per heavy atom. The Bertz CT molecular complexity index is 53.7. The van der Waals surface area contributed by atoms with Gasteiger partial charge in [0.25, 0.3) is 0 Å². The molecule has 0 aromatic rings. The van der Waals surface area contributed by atoms with Crippen molar-refractivity contribution in [3.63, 3.8) is 0 Å². The maximum atomic E-state index is 2.48. The summed E-state index contributed by atoms with van der Waals surface area (Å²) < 4.78 is 0. The van der Waals surface area contributed by atoms with Crippen molar-refractivity contribution in [1.82, 2.24) is 0 Å². The van der Waals surface area contributed by atoms with Gasteiger partial charge in [0, 0.05) is 0 Å². The highest BCUT2D eigenvalue weighted by Gasteiger charge is 1.86. The fourth-order valence-corrected chi connectivity index (χ4v) is 3.25. The van der Waals surface area contributed by atoms with Crippen LogP contribution < -0.4 is 0 Å². The van der Waals surface area contributed by atoms with Gasteiger partial charge < -0.3 is 0 Å². The second kappa shape index (κ2) is 7.33. The number of rotatable bonds is 6. The number of hydrogen-bond donors (Lipinski definition) is 0. The lowest BCUT2D eigenvalue weighted by Gasteiger charge is -2.21. The van der Waals surface area contributed by atoms with E-state index in [1.54, 1.807) is 12.1 Å². The molecule has 0 atom stereocenters. The van der Waals surface area contributed by atoms with Crippen molar-refractivity contribution in [2.75, 3.05) is 0 Å². The molecule has 0 bridgehead atoms. The lowest BCUT2D eigenvalue weighted by Crippen LogP contribution is -2.04. The molecule has 0 N–H and O–H groups in total. The lowest BCUT2D eigenvalue weighted by atomic mass is 10.4. The highest BCUT2D eigenvalue weighted by atomic mass is 28.3. The normalized spacial score (nSPS) is 10.8. The molecular weight excluding hydrogens is 136 g/mol. The molecule has 10 heavy (non-hydrogen) atoms. The van der Waals surface area contributed by atoms with Crippen LogP contribution in [0.15, 0.2) is 0 Å². The summed E-state index contributed by atoms with van der Waals surface area (Å²) in [4.78, 5) is 0. The van der Waals surface area contributed by atoms with E-state index in [9.17, 15) is 0 Å². The lowest BCUT2D eigenvalue weighted by molar-refractivity contribution is 0.842. The Morgan fingerprint density at radius 2 is 1.30 bits per heavy atom. The molecule has 0 heterocycles. The second-order valence-corrected chi connectivity index (χ2v) is 6.08. The van der Waals surface area contributed by atoms with Gasteiger partial charge in [-0.25, -0.2) is 0 Å². The molecule has 0 aliphatic carbocycles. The van der Waals surface area contributed by atoms with Crippen LogP contribution in [0.5, 0.6) is 0 Å². The van der Waals surface area contributed by atoms with Gasteiger partial charge in [-0.05, 0) is 0 Å². The first-order chi connectivity index (χ1) is 4.81. The van der Waals surface area contributed by atoms with Crippen LogP contribution in [0, 0.1) is 0 Å². The quantitative estimate of drug-likeness (QED) is 0.516. The molecule has 0 aliphatic heterocycles. The van der Waals surface area contributed by atoms with Gasteiger partial charge in [0.1, 0.15) is 0 Å². The average Bonchev–Trinajstić information content (AvgIpc) is 1.97. The Morgan fingerprint density at radius 1 is 0.900 bits per heavy atom. The minimum Gasteiger partial charge on any atom is -0.263 e. The van der Waals surface area contributed by atoms with Gasteiger partial charge in [0.2, 0.25) is 0 Å². The second-order valence-electron chi connectivity index (χ2n) is 3.16. The van der Waals surface area contributed by atoms with E-state index in [-0.39, 0.29) is 8.80 Å². The first-order valence-electron chi connectivity index (χ1n) is 4.62. The van der Waals surface area contributed by atoms with E-state index in [1.165, 1.54) is 25.7 Å². The summed E-state index contributed by atoms with van der Waals surface area (Å²) >= 11 is 0. The third kappa shape index (κ3) is 6.34. The van der Waals surface area contributed by atoms with Gasteiger partial charge in [0.15, 0.2) is 0 Å². The smallest absolute Gasteiger partial charge is 0.0589 e. The van der Waals surface area contributed by atoms with E-state index in [2.05, 4.69) is 20.4 Å². The monoisotopic (exact) mass is 157 g/mol. The van der Waals surface area contributed by atoms with Crippen LogP contribution in [0.3, 0.4) is 0 Å². The van der Waals surface area contributed by atoms with Crippen molar-refractivity contribution in [1.29, 1.82) is 0 Å². The number of hydrogen-bond acceptors (Lipinski definition) is 0. The standard InChI is InChI=1S/C9H21Si/c1-4-6-8-10(3)9-7-5-2/h4-9H2,1-3H3/q-1. The predicted molar refractivity (Wildman–Crippen MR) is 51.0 cm³/mol. The maximum absolute atomic E-state index is 2.48. The molecular formula is C9H21Si-. The van der Waals surface area contributed by atoms with Crippen molar-refractivity contribution in [3.05, 3.63) is 0 Å². The molecule has 0 unspecified atom stereocenters. The van der Waals surface area contributed by atoms with Crippen LogP contribution in [0.25, 0.3) is 0 Å². The Balaban J connectivity index is 3.00. The summed E-state index contributed by atoms with van der Waals surface area (Å²) in [7, 11) is 0.0851. The third-order valence-corrected chi connectivity index (χ3v) is 4.33. The Kier molecular flexibility index (Phi) is 7.48. The molecule has 0 fully saturated rings. The Labute approximate surface area is 67.6 Å². The molecule has 0 saturated heterocycles. The summed E-state index contributed by atoms with van der Waals surface area (Å²) in [5.74, 6) is 0. The van der Waals surface area contributed by atoms with E-state index in [4.69, 9.17) is 0 Å². The Hall–Kier alpha value is 0.217. The molecule has 0 aromatic heterocycles. The minimum atomic E-state index is 0.0851. The van der Waals surface area contributed by atoms with Crippen LogP contribution >= 0.6 is 0 Å². The fourth-order valence-electron chi connectivity index (χ4n) is 1.08. The van der Waals surface area contributed by atoms with Crippen molar-refractivity contribution < 1.29 is 0 Å². The summed E-state index contributed by atoms with van der Waals surface area (Å²) in [6.45, 7) is 7.06. The van der Waals surface area contributed by atoms with E-state index < -0.39 is 0 Å². The van der Waals surface area contributed by atoms with Crippen molar-refractivity contribution in [3.8, 4) is 0 Å². The molecule has 0 saturated carbocycles. The largest absolute Gasteiger partial charge is 0.263 e. The zero-order valence-electron chi connectivity index (χ0n) is 7.74. The average molecular weight is 157 g/mol. The van der Waals surface area contributed by atoms with Gasteiger partial charge in [0.05, 0.1) is 0 Å². The SMILES string of the molecule is CCCC[Si-](C)CCCC. The van der Waals surface area contributed by atoms with Crippen molar-refractivity contribution in [2.24, 2.45) is 0 Å². The molecule has 0 aromatic carbocycles. The highest BCUT2D eigenvalue weighted by molar-refractivity contribution is 6.57. The van der Waals surface area contributed by atoms with Crippen molar-refractivity contribution >= 4 is 8.80 Å². The van der Waals surface area contributed by atoms with E-state index >= 15 is 0 Å². The van der Waals surface area contributed by atoms with Gasteiger partial charge in [-0.2, -0.15) is 18.6 Å². The first kappa shape index (κ1) is 10.2. The number of unbranched alkanes of at least 4 members (excludes halogenated alkanes) is 2. The highest BCUT2D eigenvalue weighted by Crippen LogP contribution is 2.08. The first-order valence-corrected chi connectivity index (χ1v) is 7.04. The van der Waals surface area contributed by atoms with Gasteiger partial charge in [-0.3, -0.25) is 8.80 Å². The summed E-state index contributed by atoms with van der Waals surface area (Å²) in [5.41, 5.74) is 0. The molecule has 0 aliphatic rings. The van der Waals surface area contributed by atoms with Crippen LogP contribution in [0.4, 0.5) is 0 Å². The molecule has 62 valence electrons. The fraction of sp³-hybridized carbons (Fsp3) is 1.00. The molecule has 0 rings (SSSR count). The summed E-state index contributed by atoms with van der Waals surface area (Å²) in [6, 6.07) is 3.09. The zero-order valence-corrected chi connectivity index (χ0v) is 8.74. The minimum absolute atomic E-state index is 0.0851. The molecule has 0 radical (unpaired) electrons. The van der Waals surface area contributed by atoms with E-state index in [1.807, 2.05) is 0 Å². The summed E-state index contributed by atoms with van der Waals surface area (Å²) in [5, 5.41) is 0. The van der Waals surface area contributed by atoms with Crippen LogP contribution in [-0.2, 0) is 0 Å². The molecule has 0 spiro atoms.